The fourth-order valence-electron chi connectivity index (χ4n) is 11.9. The standard InChI is InChI=1S/C58H61N7O15/c1-27-20-30(21-28(2)55(27)80-57(74)62-36-17-15-32-31(14-16-35(36)59)48(37-11-5-7-18-60-37)64-65-49(32)38-12-6-8-19-61-38)26-77-56(73)63-39-22-43(78-29(3)50(39)68)79-41-24-58(75,42(67)25-66)23-34-45(41)54(72)47-46(52(34)70)51(69)33-10-9-13-40(76-4)44(33)53(47)71/h5-13,18-21,29,31-32,35-36,39,41,43,50,66,68,70,72,75H,14-17,22-26,59H2,1-4H3,(H,62,74)(H,63,73)/t29?,31?,32?,35?,36?,39?,41-,43?,50?,58-/m0/s1. The molecule has 22 heteroatoms. The van der Waals surface area contributed by atoms with Gasteiger partial charge in [-0.05, 0) is 106 Å². The Morgan fingerprint density at radius 3 is 2.08 bits per heavy atom. The predicted octanol–water partition coefficient (Wildman–Crippen LogP) is 4.87. The Kier molecular flexibility index (Phi) is 15.7. The number of carbonyl (C=O) groups excluding carboxylic acids is 5. The fourth-order valence-corrected chi connectivity index (χ4v) is 11.9. The van der Waals surface area contributed by atoms with Gasteiger partial charge in [-0.25, -0.2) is 9.59 Å². The normalized spacial score (nSPS) is 26.1. The Morgan fingerprint density at radius 1 is 0.812 bits per heavy atom. The van der Waals surface area contributed by atoms with E-state index in [0.29, 0.717) is 48.1 Å². The Labute approximate surface area is 459 Å². The molecule has 2 aromatic heterocycles. The van der Waals surface area contributed by atoms with Gasteiger partial charge in [0, 0.05) is 72.3 Å². The van der Waals surface area contributed by atoms with Crippen LogP contribution in [0.3, 0.4) is 0 Å². The van der Waals surface area contributed by atoms with Gasteiger partial charge in [-0.1, -0.05) is 24.3 Å². The number of rotatable bonds is 12. The number of hydrogen-bond donors (Lipinski definition) is 8. The van der Waals surface area contributed by atoms with Gasteiger partial charge in [0.15, 0.2) is 17.9 Å². The number of phenols is 2. The molecule has 1 saturated carbocycles. The molecule has 10 atom stereocenters. The fraction of sp³-hybridized carbons (Fsp3) is 0.397. The van der Waals surface area contributed by atoms with Crippen molar-refractivity contribution in [2.75, 3.05) is 13.7 Å². The summed E-state index contributed by atoms with van der Waals surface area (Å²) < 4.78 is 29.2. The third-order valence-electron chi connectivity index (χ3n) is 15.9. The number of Topliss-reactive ketones (excluding diaryl/α,β-unsaturated/α-hetero) is 1. The van der Waals surface area contributed by atoms with E-state index in [1.807, 2.05) is 36.4 Å². The predicted molar refractivity (Wildman–Crippen MR) is 285 cm³/mol. The minimum Gasteiger partial charge on any atom is -0.507 e. The number of hydrogen-bond acceptors (Lipinski definition) is 20. The first-order valence-electron chi connectivity index (χ1n) is 26.4. The summed E-state index contributed by atoms with van der Waals surface area (Å²) in [7, 11) is 1.30. The molecule has 5 aromatic rings. The van der Waals surface area contributed by atoms with Gasteiger partial charge in [-0.15, -0.1) is 0 Å². The summed E-state index contributed by atoms with van der Waals surface area (Å²) in [5.41, 5.74) is 7.29. The molecule has 1 saturated heterocycles. The minimum atomic E-state index is -2.39. The minimum absolute atomic E-state index is 0.0238. The number of carbonyl (C=O) groups is 5. The molecule has 80 heavy (non-hydrogen) atoms. The highest BCUT2D eigenvalue weighted by atomic mass is 16.7. The number of nitrogens with zero attached hydrogens (tertiary/aromatic N) is 4. The van der Waals surface area contributed by atoms with E-state index in [1.165, 1.54) is 32.2 Å². The molecule has 8 unspecified atom stereocenters. The summed E-state index contributed by atoms with van der Waals surface area (Å²) in [6.07, 6.45) is -2.46. The van der Waals surface area contributed by atoms with Crippen LogP contribution in [0.1, 0.15) is 123 Å². The Bertz CT molecular complexity index is 3320. The lowest BCUT2D eigenvalue weighted by Crippen LogP contribution is -2.56. The van der Waals surface area contributed by atoms with Gasteiger partial charge >= 0.3 is 12.2 Å². The van der Waals surface area contributed by atoms with Gasteiger partial charge in [0.25, 0.3) is 0 Å². The van der Waals surface area contributed by atoms with Gasteiger partial charge in [0.1, 0.15) is 47.9 Å². The first-order chi connectivity index (χ1) is 38.4. The average molecular weight is 1100 g/mol. The van der Waals surface area contributed by atoms with E-state index in [1.54, 1.807) is 38.4 Å². The number of nitrogens with two attached hydrogens (primary N) is 1. The quantitative estimate of drug-likeness (QED) is 0.0758. The number of fused-ring (bicyclic) bond motifs is 4. The van der Waals surface area contributed by atoms with Gasteiger partial charge in [-0.3, -0.25) is 24.4 Å². The number of aromatic nitrogens is 2. The van der Waals surface area contributed by atoms with Crippen molar-refractivity contribution in [3.63, 3.8) is 0 Å². The van der Waals surface area contributed by atoms with Crippen LogP contribution in [0.25, 0.3) is 0 Å². The summed E-state index contributed by atoms with van der Waals surface area (Å²) >= 11 is 0. The van der Waals surface area contributed by atoms with Crippen molar-refractivity contribution >= 4 is 41.0 Å². The van der Waals surface area contributed by atoms with Gasteiger partial charge in [0.05, 0.1) is 64.9 Å². The zero-order chi connectivity index (χ0) is 56.7. The molecule has 2 amide bonds. The van der Waals surface area contributed by atoms with Crippen LogP contribution in [0.15, 0.2) is 89.3 Å². The first kappa shape index (κ1) is 55.3. The number of aromatic hydroxyl groups is 2. The molecule has 3 aliphatic carbocycles. The van der Waals surface area contributed by atoms with Gasteiger partial charge in [0.2, 0.25) is 5.78 Å². The molecule has 2 aliphatic heterocycles. The van der Waals surface area contributed by atoms with E-state index in [2.05, 4.69) is 30.8 Å². The summed E-state index contributed by atoms with van der Waals surface area (Å²) in [6, 6.07) is 17.2. The Morgan fingerprint density at radius 2 is 1.45 bits per heavy atom. The second-order valence-corrected chi connectivity index (χ2v) is 21.0. The second-order valence-electron chi connectivity index (χ2n) is 21.0. The topological polar surface area (TPSA) is 333 Å². The van der Waals surface area contributed by atoms with Crippen LogP contribution in [-0.2, 0) is 32.0 Å². The monoisotopic (exact) mass is 1100 g/mol. The van der Waals surface area contributed by atoms with E-state index < -0.39 is 120 Å². The zero-order valence-corrected chi connectivity index (χ0v) is 44.3. The van der Waals surface area contributed by atoms with Crippen LogP contribution < -0.4 is 25.8 Å². The van der Waals surface area contributed by atoms with Gasteiger partial charge < -0.3 is 65.6 Å². The molecule has 418 valence electrons. The number of phenolic OH excluding ortho intramolecular Hbond substituents is 2. The number of benzene rings is 3. The summed E-state index contributed by atoms with van der Waals surface area (Å²) in [5, 5.41) is 71.5. The van der Waals surface area contributed by atoms with Crippen molar-refractivity contribution in [1.29, 1.82) is 0 Å². The molecule has 5 aliphatic rings. The number of ketones is 3. The second kappa shape index (κ2) is 22.6. The zero-order valence-electron chi connectivity index (χ0n) is 44.3. The SMILES string of the molecule is COc1cccc2c1C(=O)c1c(O)c3c(c(O)c1C2=O)C[C@@](O)(C(=O)CO)C[C@@H]3OC1CC(NC(=O)OCc2cc(C)c(OC(=O)NC3CCC4C(c5ccccn5)=NN=C(c5ccccn5)C4CCC3N)c(C)c2)C(O)C(C)O1. The maximum Gasteiger partial charge on any atom is 0.412 e. The maximum absolute atomic E-state index is 14.1. The van der Waals surface area contributed by atoms with E-state index in [9.17, 15) is 49.5 Å². The number of pyridine rings is 2. The summed E-state index contributed by atoms with van der Waals surface area (Å²) in [6.45, 7) is 3.66. The number of methoxy groups -OCH3 is 1. The van der Waals surface area contributed by atoms with E-state index in [4.69, 9.17) is 29.4 Å². The Hall–Kier alpha value is -7.99. The summed E-state index contributed by atoms with van der Waals surface area (Å²) in [5.74, 6) is -4.00. The molecule has 9 N–H and O–H groups in total. The smallest absolute Gasteiger partial charge is 0.412 e. The highest BCUT2D eigenvalue weighted by Gasteiger charge is 2.51. The molecule has 4 heterocycles. The van der Waals surface area contributed by atoms with Crippen molar-refractivity contribution in [3.05, 3.63) is 141 Å². The molecular weight excluding hydrogens is 1030 g/mol. The van der Waals surface area contributed by atoms with E-state index in [0.717, 1.165) is 22.8 Å². The molecule has 0 bridgehead atoms. The lowest BCUT2D eigenvalue weighted by Gasteiger charge is -2.42. The van der Waals surface area contributed by atoms with Gasteiger partial charge in [-0.2, -0.15) is 10.2 Å². The van der Waals surface area contributed by atoms with E-state index >= 15 is 0 Å². The van der Waals surface area contributed by atoms with Crippen LogP contribution in [0, 0.1) is 25.7 Å². The highest BCUT2D eigenvalue weighted by molar-refractivity contribution is 6.31. The molecule has 3 aromatic carbocycles. The number of alkyl carbamates (subject to hydrolysis) is 1. The van der Waals surface area contributed by atoms with E-state index in [-0.39, 0.29) is 52.9 Å². The third-order valence-corrected chi connectivity index (χ3v) is 15.9. The van der Waals surface area contributed by atoms with Crippen molar-refractivity contribution < 1.29 is 73.2 Å². The van der Waals surface area contributed by atoms with Crippen LogP contribution >= 0.6 is 0 Å². The number of ether oxygens (including phenoxy) is 5. The maximum atomic E-state index is 14.1. The molecule has 0 spiro atoms. The highest BCUT2D eigenvalue weighted by Crippen LogP contribution is 2.53. The number of aliphatic hydroxyl groups is 3. The number of aliphatic hydroxyl groups excluding tert-OH is 2. The van der Waals surface area contributed by atoms with Crippen LogP contribution in [0.4, 0.5) is 9.59 Å². The molecular formula is C58H61N7O15. The first-order valence-corrected chi connectivity index (χ1v) is 26.4. The lowest BCUT2D eigenvalue weighted by molar-refractivity contribution is -0.249. The number of amides is 2. The Balaban J connectivity index is 0.786. The largest absolute Gasteiger partial charge is 0.507 e. The van der Waals surface area contributed by atoms with Crippen LogP contribution in [-0.4, -0.2) is 132 Å². The van der Waals surface area contributed by atoms with Crippen LogP contribution in [0.2, 0.25) is 0 Å². The molecule has 2 fully saturated rings. The lowest BCUT2D eigenvalue weighted by atomic mass is 9.72. The third kappa shape index (κ3) is 10.5. The molecule has 22 nitrogen and oxygen atoms in total. The van der Waals surface area contributed by atoms with Crippen molar-refractivity contribution in [1.82, 2.24) is 20.6 Å². The molecule has 0 radical (unpaired) electrons. The molecule has 10 rings (SSSR count). The number of aryl methyl sites for hydroxylation is 2. The summed E-state index contributed by atoms with van der Waals surface area (Å²) in [4.78, 5) is 77.4. The average Bonchev–Trinajstić information content (AvgIpc) is 3.55. The van der Waals surface area contributed by atoms with Crippen molar-refractivity contribution in [3.8, 4) is 23.0 Å². The number of nitrogens with one attached hydrogen (secondary N) is 2. The van der Waals surface area contributed by atoms with Crippen molar-refractivity contribution in [2.24, 2.45) is 27.8 Å². The van der Waals surface area contributed by atoms with Crippen LogP contribution in [0.5, 0.6) is 23.0 Å². The van der Waals surface area contributed by atoms with Crippen molar-refractivity contribution in [2.45, 2.75) is 121 Å².